The van der Waals surface area contributed by atoms with Crippen molar-refractivity contribution in [2.45, 2.75) is 31.1 Å². The number of nitrogens with one attached hydrogen (secondary N) is 1. The van der Waals surface area contributed by atoms with Crippen molar-refractivity contribution >= 4 is 21.7 Å². The summed E-state index contributed by atoms with van der Waals surface area (Å²) in [6.07, 6.45) is 3.33. The Labute approximate surface area is 136 Å². The number of nitrogens with zero attached hydrogens (tertiary/aromatic N) is 1. The van der Waals surface area contributed by atoms with Crippen LogP contribution in [0, 0.1) is 6.92 Å². The molecule has 0 spiro atoms. The van der Waals surface area contributed by atoms with E-state index in [2.05, 4.69) is 5.32 Å². The molecule has 0 unspecified atom stereocenters. The van der Waals surface area contributed by atoms with Crippen molar-refractivity contribution in [3.8, 4) is 0 Å². The van der Waals surface area contributed by atoms with Crippen LogP contribution in [0.2, 0.25) is 0 Å². The van der Waals surface area contributed by atoms with E-state index in [1.54, 1.807) is 24.0 Å². The molecule has 1 aromatic carbocycles. The Kier molecular flexibility index (Phi) is 5.41. The molecule has 0 atom stereocenters. The molecule has 0 saturated carbocycles. The van der Waals surface area contributed by atoms with E-state index in [9.17, 15) is 18.0 Å². The number of benzene rings is 1. The quantitative estimate of drug-likeness (QED) is 0.789. The first-order valence-corrected chi connectivity index (χ1v) is 9.55. The molecule has 1 aromatic rings. The fourth-order valence-electron chi connectivity index (χ4n) is 2.66. The summed E-state index contributed by atoms with van der Waals surface area (Å²) >= 11 is 0. The monoisotopic (exact) mass is 338 g/mol. The Morgan fingerprint density at radius 1 is 1.35 bits per heavy atom. The maximum Gasteiger partial charge on any atom is 0.251 e. The van der Waals surface area contributed by atoms with Gasteiger partial charge in [0.25, 0.3) is 5.91 Å². The molecule has 126 valence electrons. The molecular weight excluding hydrogens is 316 g/mol. The summed E-state index contributed by atoms with van der Waals surface area (Å²) in [5.41, 5.74) is 0.949. The van der Waals surface area contributed by atoms with Crippen molar-refractivity contribution in [1.29, 1.82) is 0 Å². The summed E-state index contributed by atoms with van der Waals surface area (Å²) < 4.78 is 23.4. The van der Waals surface area contributed by atoms with Gasteiger partial charge in [0.15, 0.2) is 9.84 Å². The number of sulfone groups is 1. The Bertz CT molecular complexity index is 713. The Balaban J connectivity index is 1.90. The van der Waals surface area contributed by atoms with Gasteiger partial charge in [-0.05, 0) is 37.5 Å². The van der Waals surface area contributed by atoms with E-state index < -0.39 is 9.84 Å². The highest BCUT2D eigenvalue weighted by Crippen LogP contribution is 2.17. The number of aryl methyl sites for hydroxylation is 1. The first kappa shape index (κ1) is 17.5. The number of hydrogen-bond donors (Lipinski definition) is 1. The van der Waals surface area contributed by atoms with E-state index in [4.69, 9.17) is 0 Å². The van der Waals surface area contributed by atoms with E-state index in [1.165, 1.54) is 6.07 Å². The topological polar surface area (TPSA) is 83.6 Å². The van der Waals surface area contributed by atoms with Gasteiger partial charge in [-0.3, -0.25) is 9.59 Å². The highest BCUT2D eigenvalue weighted by Gasteiger charge is 2.19. The molecule has 6 nitrogen and oxygen atoms in total. The predicted molar refractivity (Wildman–Crippen MR) is 87.1 cm³/mol. The van der Waals surface area contributed by atoms with Gasteiger partial charge in [0.2, 0.25) is 5.91 Å². The van der Waals surface area contributed by atoms with Gasteiger partial charge in [-0.1, -0.05) is 6.07 Å². The zero-order valence-electron chi connectivity index (χ0n) is 13.5. The molecule has 2 rings (SSSR count). The van der Waals surface area contributed by atoms with Crippen molar-refractivity contribution in [2.24, 2.45) is 0 Å². The second-order valence-electron chi connectivity index (χ2n) is 5.85. The first-order valence-electron chi connectivity index (χ1n) is 7.66. The third-order valence-electron chi connectivity index (χ3n) is 3.91. The minimum atomic E-state index is -3.36. The number of hydrogen-bond acceptors (Lipinski definition) is 4. The minimum absolute atomic E-state index is 0.174. The van der Waals surface area contributed by atoms with Gasteiger partial charge in [0, 0.05) is 37.9 Å². The average Bonchev–Trinajstić information content (AvgIpc) is 2.88. The fraction of sp³-hybridized carbons (Fsp3) is 0.500. The van der Waals surface area contributed by atoms with Crippen molar-refractivity contribution in [1.82, 2.24) is 10.2 Å². The highest BCUT2D eigenvalue weighted by atomic mass is 32.2. The van der Waals surface area contributed by atoms with E-state index in [-0.39, 0.29) is 16.7 Å². The first-order chi connectivity index (χ1) is 10.8. The summed E-state index contributed by atoms with van der Waals surface area (Å²) in [6.45, 7) is 3.58. The summed E-state index contributed by atoms with van der Waals surface area (Å²) in [4.78, 5) is 25.6. The standard InChI is InChI=1S/C16H22N2O4S/c1-12-6-7-13(11-14(12)23(2,21)22)16(20)17-8-4-10-18-9-3-5-15(18)19/h6-7,11H,3-5,8-10H2,1-2H3,(H,17,20). The van der Waals surface area contributed by atoms with Crippen LogP contribution in [0.1, 0.15) is 35.2 Å². The Hall–Kier alpha value is -1.89. The molecule has 2 amide bonds. The molecule has 1 saturated heterocycles. The van der Waals surface area contributed by atoms with Gasteiger partial charge in [-0.2, -0.15) is 0 Å². The maximum atomic E-state index is 12.1. The van der Waals surface area contributed by atoms with Crippen LogP contribution in [-0.2, 0) is 14.6 Å². The lowest BCUT2D eigenvalue weighted by atomic mass is 10.1. The largest absolute Gasteiger partial charge is 0.352 e. The zero-order chi connectivity index (χ0) is 17.0. The SMILES string of the molecule is Cc1ccc(C(=O)NCCCN2CCCC2=O)cc1S(C)(=O)=O. The normalized spacial score (nSPS) is 15.0. The molecule has 23 heavy (non-hydrogen) atoms. The van der Waals surface area contributed by atoms with Crippen LogP contribution in [0.4, 0.5) is 0 Å². The second-order valence-corrected chi connectivity index (χ2v) is 7.83. The number of rotatable bonds is 6. The fourth-order valence-corrected chi connectivity index (χ4v) is 3.65. The zero-order valence-corrected chi connectivity index (χ0v) is 14.3. The van der Waals surface area contributed by atoms with E-state index in [0.29, 0.717) is 37.1 Å². The molecule has 0 aromatic heterocycles. The van der Waals surface area contributed by atoms with Crippen LogP contribution >= 0.6 is 0 Å². The van der Waals surface area contributed by atoms with Crippen LogP contribution in [-0.4, -0.2) is 51.0 Å². The number of carbonyl (C=O) groups excluding carboxylic acids is 2. The molecule has 1 N–H and O–H groups in total. The van der Waals surface area contributed by atoms with Crippen LogP contribution in [0.15, 0.2) is 23.1 Å². The lowest BCUT2D eigenvalue weighted by Crippen LogP contribution is -2.30. The van der Waals surface area contributed by atoms with Gasteiger partial charge < -0.3 is 10.2 Å². The summed E-state index contributed by atoms with van der Waals surface area (Å²) in [6, 6.07) is 4.65. The third-order valence-corrected chi connectivity index (χ3v) is 5.15. The molecule has 0 bridgehead atoms. The van der Waals surface area contributed by atoms with E-state index >= 15 is 0 Å². The average molecular weight is 338 g/mol. The van der Waals surface area contributed by atoms with Crippen LogP contribution in [0.3, 0.4) is 0 Å². The number of carbonyl (C=O) groups is 2. The Morgan fingerprint density at radius 2 is 2.09 bits per heavy atom. The third kappa shape index (κ3) is 4.54. The van der Waals surface area contributed by atoms with Crippen molar-refractivity contribution in [3.05, 3.63) is 29.3 Å². The second kappa shape index (κ2) is 7.12. The predicted octanol–water partition coefficient (Wildman–Crippen LogP) is 1.14. The molecule has 0 aliphatic carbocycles. The lowest BCUT2D eigenvalue weighted by Gasteiger charge is -2.15. The Morgan fingerprint density at radius 3 is 2.70 bits per heavy atom. The number of amides is 2. The molecule has 1 aliphatic heterocycles. The summed E-state index contributed by atoms with van der Waals surface area (Å²) in [5, 5.41) is 2.76. The summed E-state index contributed by atoms with van der Waals surface area (Å²) in [7, 11) is -3.36. The van der Waals surface area contributed by atoms with Gasteiger partial charge >= 0.3 is 0 Å². The van der Waals surface area contributed by atoms with E-state index in [1.807, 2.05) is 0 Å². The van der Waals surface area contributed by atoms with Gasteiger partial charge in [0.05, 0.1) is 4.90 Å². The molecule has 1 fully saturated rings. The lowest BCUT2D eigenvalue weighted by molar-refractivity contribution is -0.127. The van der Waals surface area contributed by atoms with Crippen LogP contribution in [0.25, 0.3) is 0 Å². The number of likely N-dealkylation sites (tertiary alicyclic amines) is 1. The summed E-state index contributed by atoms with van der Waals surface area (Å²) in [5.74, 6) is -0.129. The molecular formula is C16H22N2O4S. The van der Waals surface area contributed by atoms with Crippen LogP contribution in [0.5, 0.6) is 0 Å². The van der Waals surface area contributed by atoms with Crippen LogP contribution < -0.4 is 5.32 Å². The highest BCUT2D eigenvalue weighted by molar-refractivity contribution is 7.90. The van der Waals surface area contributed by atoms with Crippen molar-refractivity contribution in [3.63, 3.8) is 0 Å². The molecule has 0 radical (unpaired) electrons. The minimum Gasteiger partial charge on any atom is -0.352 e. The van der Waals surface area contributed by atoms with Gasteiger partial charge in [-0.15, -0.1) is 0 Å². The maximum absolute atomic E-state index is 12.1. The molecule has 1 heterocycles. The van der Waals surface area contributed by atoms with Crippen molar-refractivity contribution < 1.29 is 18.0 Å². The van der Waals surface area contributed by atoms with E-state index in [0.717, 1.165) is 19.2 Å². The van der Waals surface area contributed by atoms with Gasteiger partial charge in [0.1, 0.15) is 0 Å². The smallest absolute Gasteiger partial charge is 0.251 e. The van der Waals surface area contributed by atoms with Gasteiger partial charge in [-0.25, -0.2) is 8.42 Å². The molecule has 7 heteroatoms. The van der Waals surface area contributed by atoms with Crippen molar-refractivity contribution in [2.75, 3.05) is 25.9 Å². The molecule has 1 aliphatic rings.